The quantitative estimate of drug-likeness (QED) is 0.893. The number of hydrogen-bond donors (Lipinski definition) is 2. The highest BCUT2D eigenvalue weighted by molar-refractivity contribution is 5.94. The third-order valence-corrected chi connectivity index (χ3v) is 2.88. The Bertz CT molecular complexity index is 653. The first kappa shape index (κ1) is 13.7. The second-order valence-electron chi connectivity index (χ2n) is 4.42. The van der Waals surface area contributed by atoms with Crippen LogP contribution in [0.3, 0.4) is 0 Å². The van der Waals surface area contributed by atoms with Gasteiger partial charge < -0.3 is 10.4 Å². The summed E-state index contributed by atoms with van der Waals surface area (Å²) in [5.41, 5.74) is 2.40. The molecular formula is C15H14N2O3. The van der Waals surface area contributed by atoms with Crippen molar-refractivity contribution in [2.75, 3.05) is 5.32 Å². The number of rotatable bonds is 4. The van der Waals surface area contributed by atoms with Gasteiger partial charge in [0.05, 0.1) is 23.9 Å². The Balaban J connectivity index is 2.07. The number of pyridine rings is 1. The molecule has 5 heteroatoms. The topological polar surface area (TPSA) is 79.3 Å². The van der Waals surface area contributed by atoms with Crippen molar-refractivity contribution >= 4 is 17.6 Å². The van der Waals surface area contributed by atoms with E-state index in [2.05, 4.69) is 10.3 Å². The van der Waals surface area contributed by atoms with Crippen LogP contribution in [-0.2, 0) is 11.2 Å². The summed E-state index contributed by atoms with van der Waals surface area (Å²) in [6.07, 6.45) is 2.89. The van der Waals surface area contributed by atoms with Crippen molar-refractivity contribution in [1.29, 1.82) is 0 Å². The molecule has 5 nitrogen and oxygen atoms in total. The molecule has 0 aliphatic heterocycles. The lowest BCUT2D eigenvalue weighted by atomic mass is 10.1. The zero-order chi connectivity index (χ0) is 14.5. The first-order chi connectivity index (χ1) is 9.56. The number of nitrogens with one attached hydrogen (secondary N) is 1. The Labute approximate surface area is 116 Å². The molecule has 0 atom stereocenters. The van der Waals surface area contributed by atoms with Crippen LogP contribution in [0.15, 0.2) is 42.7 Å². The number of carbonyl (C=O) groups is 2. The molecule has 0 fully saturated rings. The van der Waals surface area contributed by atoms with Gasteiger partial charge >= 0.3 is 5.97 Å². The van der Waals surface area contributed by atoms with E-state index in [1.165, 1.54) is 18.5 Å². The van der Waals surface area contributed by atoms with E-state index in [0.717, 1.165) is 11.1 Å². The number of carboxylic acid groups (broad SMARTS) is 1. The summed E-state index contributed by atoms with van der Waals surface area (Å²) in [5, 5.41) is 11.5. The van der Waals surface area contributed by atoms with E-state index in [9.17, 15) is 9.59 Å². The molecule has 0 aliphatic carbocycles. The van der Waals surface area contributed by atoms with Crippen molar-refractivity contribution < 1.29 is 14.7 Å². The van der Waals surface area contributed by atoms with Crippen molar-refractivity contribution in [3.63, 3.8) is 0 Å². The minimum Gasteiger partial charge on any atom is -0.478 e. The lowest BCUT2D eigenvalue weighted by molar-refractivity contribution is -0.115. The molecule has 1 aromatic carbocycles. The SMILES string of the molecule is Cc1ccccc1CC(=O)Nc1cncc(C(=O)O)c1. The number of benzene rings is 1. The molecule has 0 unspecified atom stereocenters. The molecule has 20 heavy (non-hydrogen) atoms. The molecule has 0 saturated carbocycles. The molecule has 2 rings (SSSR count). The second kappa shape index (κ2) is 5.97. The Morgan fingerprint density at radius 1 is 1.25 bits per heavy atom. The number of carbonyl (C=O) groups excluding carboxylic acids is 1. The van der Waals surface area contributed by atoms with Crippen molar-refractivity contribution in [1.82, 2.24) is 4.98 Å². The molecule has 1 amide bonds. The molecular weight excluding hydrogens is 256 g/mol. The van der Waals surface area contributed by atoms with Gasteiger partial charge in [-0.25, -0.2) is 4.79 Å². The number of hydrogen-bond acceptors (Lipinski definition) is 3. The summed E-state index contributed by atoms with van der Waals surface area (Å²) in [4.78, 5) is 26.5. The molecule has 2 aromatic rings. The first-order valence-corrected chi connectivity index (χ1v) is 6.09. The fraction of sp³-hybridized carbons (Fsp3) is 0.133. The van der Waals surface area contributed by atoms with Gasteiger partial charge in [0, 0.05) is 6.20 Å². The molecule has 1 heterocycles. The number of nitrogens with zero attached hydrogens (tertiary/aromatic N) is 1. The maximum atomic E-state index is 11.9. The van der Waals surface area contributed by atoms with Crippen LogP contribution in [0.4, 0.5) is 5.69 Å². The third kappa shape index (κ3) is 3.41. The number of aromatic carboxylic acids is 1. The monoisotopic (exact) mass is 270 g/mol. The minimum absolute atomic E-state index is 0.0405. The van der Waals surface area contributed by atoms with Crippen molar-refractivity contribution in [3.8, 4) is 0 Å². The summed E-state index contributed by atoms with van der Waals surface area (Å²) in [6.45, 7) is 1.94. The van der Waals surface area contributed by atoms with Crippen LogP contribution in [0.1, 0.15) is 21.5 Å². The largest absolute Gasteiger partial charge is 0.478 e. The van der Waals surface area contributed by atoms with Gasteiger partial charge in [0.25, 0.3) is 0 Å². The maximum Gasteiger partial charge on any atom is 0.337 e. The Kier molecular flexibility index (Phi) is 4.10. The van der Waals surface area contributed by atoms with Gasteiger partial charge in [-0.3, -0.25) is 9.78 Å². The Morgan fingerprint density at radius 2 is 2.00 bits per heavy atom. The molecule has 0 radical (unpaired) electrons. The van der Waals surface area contributed by atoms with E-state index in [-0.39, 0.29) is 17.9 Å². The Morgan fingerprint density at radius 3 is 2.70 bits per heavy atom. The van der Waals surface area contributed by atoms with Gasteiger partial charge in [0.1, 0.15) is 0 Å². The predicted molar refractivity (Wildman–Crippen MR) is 74.7 cm³/mol. The van der Waals surface area contributed by atoms with Crippen LogP contribution in [0.5, 0.6) is 0 Å². The van der Waals surface area contributed by atoms with E-state index in [4.69, 9.17) is 5.11 Å². The lowest BCUT2D eigenvalue weighted by Gasteiger charge is -2.07. The van der Waals surface area contributed by atoms with Gasteiger partial charge in [-0.2, -0.15) is 0 Å². The molecule has 0 aliphatic rings. The smallest absolute Gasteiger partial charge is 0.337 e. The van der Waals surface area contributed by atoms with Gasteiger partial charge in [-0.15, -0.1) is 0 Å². The second-order valence-corrected chi connectivity index (χ2v) is 4.42. The lowest BCUT2D eigenvalue weighted by Crippen LogP contribution is -2.15. The zero-order valence-electron chi connectivity index (χ0n) is 11.0. The van der Waals surface area contributed by atoms with E-state index in [1.807, 2.05) is 31.2 Å². The van der Waals surface area contributed by atoms with Crippen LogP contribution in [0, 0.1) is 6.92 Å². The van der Waals surface area contributed by atoms with Crippen molar-refractivity contribution in [2.45, 2.75) is 13.3 Å². The van der Waals surface area contributed by atoms with Crippen LogP contribution in [0.2, 0.25) is 0 Å². The van der Waals surface area contributed by atoms with E-state index in [1.54, 1.807) is 0 Å². The molecule has 1 aromatic heterocycles. The summed E-state index contributed by atoms with van der Waals surface area (Å²) < 4.78 is 0. The summed E-state index contributed by atoms with van der Waals surface area (Å²) in [7, 11) is 0. The van der Waals surface area contributed by atoms with Gasteiger partial charge in [-0.05, 0) is 24.1 Å². The minimum atomic E-state index is -1.08. The van der Waals surface area contributed by atoms with Crippen molar-refractivity contribution in [2.24, 2.45) is 0 Å². The standard InChI is InChI=1S/C15H14N2O3/c1-10-4-2-3-5-11(10)7-14(18)17-13-6-12(15(19)20)8-16-9-13/h2-6,8-9H,7H2,1H3,(H,17,18)(H,19,20). The zero-order valence-corrected chi connectivity index (χ0v) is 11.0. The normalized spacial score (nSPS) is 10.1. The highest BCUT2D eigenvalue weighted by atomic mass is 16.4. The fourth-order valence-electron chi connectivity index (χ4n) is 1.81. The van der Waals surface area contributed by atoms with E-state index >= 15 is 0 Å². The average Bonchev–Trinajstić information content (AvgIpc) is 2.41. The molecule has 0 saturated heterocycles. The van der Waals surface area contributed by atoms with Crippen LogP contribution < -0.4 is 5.32 Å². The first-order valence-electron chi connectivity index (χ1n) is 6.09. The average molecular weight is 270 g/mol. The number of carboxylic acids is 1. The fourth-order valence-corrected chi connectivity index (χ4v) is 1.81. The number of anilines is 1. The summed E-state index contributed by atoms with van der Waals surface area (Å²) in [5.74, 6) is -1.28. The third-order valence-electron chi connectivity index (χ3n) is 2.88. The molecule has 0 spiro atoms. The predicted octanol–water partition coefficient (Wildman–Crippen LogP) is 2.27. The molecule has 102 valence electrons. The number of amides is 1. The molecule has 2 N–H and O–H groups in total. The van der Waals surface area contributed by atoms with Gasteiger partial charge in [-0.1, -0.05) is 24.3 Å². The van der Waals surface area contributed by atoms with Gasteiger partial charge in [0.15, 0.2) is 0 Å². The van der Waals surface area contributed by atoms with Crippen LogP contribution in [-0.4, -0.2) is 22.0 Å². The maximum absolute atomic E-state index is 11.9. The Hall–Kier alpha value is -2.69. The highest BCUT2D eigenvalue weighted by Crippen LogP contribution is 2.11. The number of aromatic nitrogens is 1. The van der Waals surface area contributed by atoms with Crippen LogP contribution >= 0.6 is 0 Å². The molecule has 0 bridgehead atoms. The van der Waals surface area contributed by atoms with Crippen molar-refractivity contribution in [3.05, 3.63) is 59.4 Å². The summed E-state index contributed by atoms with van der Waals surface area (Å²) >= 11 is 0. The van der Waals surface area contributed by atoms with E-state index < -0.39 is 5.97 Å². The van der Waals surface area contributed by atoms with Crippen LogP contribution in [0.25, 0.3) is 0 Å². The van der Waals surface area contributed by atoms with E-state index in [0.29, 0.717) is 5.69 Å². The van der Waals surface area contributed by atoms with Gasteiger partial charge in [0.2, 0.25) is 5.91 Å². The number of aryl methyl sites for hydroxylation is 1. The highest BCUT2D eigenvalue weighted by Gasteiger charge is 2.08. The summed E-state index contributed by atoms with van der Waals surface area (Å²) in [6, 6.07) is 9.00.